The Kier molecular flexibility index (Phi) is 3.83. The minimum absolute atomic E-state index is 0.301. The molecule has 0 aromatic rings. The van der Waals surface area contributed by atoms with Crippen molar-refractivity contribution >= 4 is 11.9 Å². The molecule has 1 rings (SSSR count). The van der Waals surface area contributed by atoms with Gasteiger partial charge in [0.15, 0.2) is 0 Å². The fourth-order valence-corrected chi connectivity index (χ4v) is 1.32. The molecule has 1 atom stereocenters. The highest BCUT2D eigenvalue weighted by Gasteiger charge is 2.24. The van der Waals surface area contributed by atoms with Crippen molar-refractivity contribution in [1.29, 1.82) is 0 Å². The van der Waals surface area contributed by atoms with Gasteiger partial charge in [0.25, 0.3) is 0 Å². The van der Waals surface area contributed by atoms with E-state index < -0.39 is 11.9 Å². The van der Waals surface area contributed by atoms with Crippen LogP contribution in [0.4, 0.5) is 0 Å². The molecule has 78 valence electrons. The van der Waals surface area contributed by atoms with Gasteiger partial charge in [-0.15, -0.1) is 0 Å². The maximum Gasteiger partial charge on any atom is 0.338 e. The van der Waals surface area contributed by atoms with Crippen LogP contribution in [0, 0.1) is 0 Å². The zero-order valence-corrected chi connectivity index (χ0v) is 8.50. The van der Waals surface area contributed by atoms with E-state index in [9.17, 15) is 9.59 Å². The van der Waals surface area contributed by atoms with Crippen LogP contribution in [0.2, 0.25) is 0 Å². The molecule has 4 heteroatoms. The molecule has 0 aliphatic carbocycles. The van der Waals surface area contributed by atoms with Crippen molar-refractivity contribution in [2.75, 3.05) is 6.54 Å². The number of hydrogen-bond acceptors (Lipinski definition) is 4. The molecule has 1 saturated heterocycles. The third-order valence-electron chi connectivity index (χ3n) is 1.95. The van der Waals surface area contributed by atoms with Gasteiger partial charge in [0.05, 0.1) is 0 Å². The molecule has 0 saturated carbocycles. The zero-order chi connectivity index (χ0) is 10.6. The van der Waals surface area contributed by atoms with Crippen LogP contribution in [-0.4, -0.2) is 24.5 Å². The zero-order valence-electron chi connectivity index (χ0n) is 8.50. The van der Waals surface area contributed by atoms with Gasteiger partial charge < -0.3 is 10.1 Å². The molecule has 0 unspecified atom stereocenters. The smallest absolute Gasteiger partial charge is 0.338 e. The van der Waals surface area contributed by atoms with Crippen molar-refractivity contribution < 1.29 is 14.3 Å². The molecule has 1 fully saturated rings. The van der Waals surface area contributed by atoms with Crippen LogP contribution in [0.1, 0.15) is 26.7 Å². The molecule has 0 spiro atoms. The van der Waals surface area contributed by atoms with Crippen molar-refractivity contribution in [3.8, 4) is 0 Å². The average Bonchev–Trinajstić information content (AvgIpc) is 2.53. The fraction of sp³-hybridized carbons (Fsp3) is 0.600. The summed E-state index contributed by atoms with van der Waals surface area (Å²) in [7, 11) is 0. The van der Waals surface area contributed by atoms with Crippen LogP contribution >= 0.6 is 0 Å². The lowest BCUT2D eigenvalue weighted by molar-refractivity contribution is -0.157. The van der Waals surface area contributed by atoms with Crippen molar-refractivity contribution in [2.24, 2.45) is 0 Å². The molecule has 0 radical (unpaired) electrons. The Hall–Kier alpha value is -1.16. The SMILES string of the molecule is CC(C)=CC(=O)OC(=O)[C@@H]1CCCN1. The van der Waals surface area contributed by atoms with Crippen LogP contribution in [0.5, 0.6) is 0 Å². The number of esters is 2. The van der Waals surface area contributed by atoms with E-state index in [-0.39, 0.29) is 6.04 Å². The van der Waals surface area contributed by atoms with Gasteiger partial charge >= 0.3 is 11.9 Å². The summed E-state index contributed by atoms with van der Waals surface area (Å²) in [6.07, 6.45) is 3.02. The lowest BCUT2D eigenvalue weighted by Gasteiger charge is -2.06. The Morgan fingerprint density at radius 2 is 2.14 bits per heavy atom. The summed E-state index contributed by atoms with van der Waals surface area (Å²) in [5.41, 5.74) is 0.821. The van der Waals surface area contributed by atoms with Crippen molar-refractivity contribution in [3.05, 3.63) is 11.6 Å². The van der Waals surface area contributed by atoms with Gasteiger partial charge in [-0.1, -0.05) is 5.57 Å². The molecule has 1 heterocycles. The van der Waals surface area contributed by atoms with E-state index >= 15 is 0 Å². The molecule has 0 aromatic heterocycles. The molecular formula is C10H15NO3. The number of rotatable bonds is 2. The second-order valence-electron chi connectivity index (χ2n) is 3.61. The van der Waals surface area contributed by atoms with E-state index in [1.165, 1.54) is 6.08 Å². The monoisotopic (exact) mass is 197 g/mol. The third-order valence-corrected chi connectivity index (χ3v) is 1.95. The van der Waals surface area contributed by atoms with E-state index in [1.54, 1.807) is 13.8 Å². The van der Waals surface area contributed by atoms with Gasteiger partial charge in [0.2, 0.25) is 0 Å². The molecule has 14 heavy (non-hydrogen) atoms. The second-order valence-corrected chi connectivity index (χ2v) is 3.61. The van der Waals surface area contributed by atoms with E-state index in [0.29, 0.717) is 0 Å². The summed E-state index contributed by atoms with van der Waals surface area (Å²) in [5.74, 6) is -1.05. The molecule has 1 aliphatic rings. The molecule has 0 aromatic carbocycles. The summed E-state index contributed by atoms with van der Waals surface area (Å²) in [4.78, 5) is 22.4. The molecule has 4 nitrogen and oxygen atoms in total. The minimum Gasteiger partial charge on any atom is -0.389 e. The van der Waals surface area contributed by atoms with E-state index in [2.05, 4.69) is 10.1 Å². The molecular weight excluding hydrogens is 182 g/mol. The van der Waals surface area contributed by atoms with E-state index in [1.807, 2.05) is 0 Å². The summed E-state index contributed by atoms with van der Waals surface area (Å²) in [5, 5.41) is 2.97. The highest BCUT2D eigenvalue weighted by Crippen LogP contribution is 2.06. The Labute approximate surface area is 83.3 Å². The van der Waals surface area contributed by atoms with Crippen LogP contribution in [0.3, 0.4) is 0 Å². The van der Waals surface area contributed by atoms with Crippen molar-refractivity contribution in [1.82, 2.24) is 5.32 Å². The number of allylic oxidation sites excluding steroid dienone is 1. The van der Waals surface area contributed by atoms with Crippen LogP contribution < -0.4 is 5.32 Å². The first-order valence-electron chi connectivity index (χ1n) is 4.73. The number of nitrogens with one attached hydrogen (secondary N) is 1. The summed E-state index contributed by atoms with van der Waals surface area (Å²) in [6, 6.07) is -0.301. The topological polar surface area (TPSA) is 55.4 Å². The maximum atomic E-state index is 11.3. The van der Waals surface area contributed by atoms with E-state index in [4.69, 9.17) is 0 Å². The van der Waals surface area contributed by atoms with Crippen molar-refractivity contribution in [3.63, 3.8) is 0 Å². The number of carbonyl (C=O) groups is 2. The van der Waals surface area contributed by atoms with Gasteiger partial charge in [-0.2, -0.15) is 0 Å². The van der Waals surface area contributed by atoms with Gasteiger partial charge in [-0.05, 0) is 33.2 Å². The largest absolute Gasteiger partial charge is 0.389 e. The predicted octanol–water partition coefficient (Wildman–Crippen LogP) is 0.774. The Morgan fingerprint density at radius 1 is 1.43 bits per heavy atom. The summed E-state index contributed by atoms with van der Waals surface area (Å²) >= 11 is 0. The Morgan fingerprint density at radius 3 is 2.64 bits per heavy atom. The lowest BCUT2D eigenvalue weighted by atomic mass is 10.2. The molecule has 1 N–H and O–H groups in total. The van der Waals surface area contributed by atoms with Gasteiger partial charge in [0.1, 0.15) is 6.04 Å². The summed E-state index contributed by atoms with van der Waals surface area (Å²) in [6.45, 7) is 4.37. The first kappa shape index (κ1) is 10.9. The first-order valence-corrected chi connectivity index (χ1v) is 4.73. The third kappa shape index (κ3) is 3.30. The maximum absolute atomic E-state index is 11.3. The number of hydrogen-bond donors (Lipinski definition) is 1. The molecule has 0 bridgehead atoms. The van der Waals surface area contributed by atoms with Gasteiger partial charge in [0, 0.05) is 6.08 Å². The van der Waals surface area contributed by atoms with Crippen LogP contribution in [-0.2, 0) is 14.3 Å². The Balaban J connectivity index is 2.40. The minimum atomic E-state index is -0.580. The standard InChI is InChI=1S/C10H15NO3/c1-7(2)6-9(12)14-10(13)8-4-3-5-11-8/h6,8,11H,3-5H2,1-2H3/t8-/m0/s1. The van der Waals surface area contributed by atoms with Crippen LogP contribution in [0.15, 0.2) is 11.6 Å². The second kappa shape index (κ2) is 4.91. The average molecular weight is 197 g/mol. The molecule has 1 aliphatic heterocycles. The number of carbonyl (C=O) groups excluding carboxylic acids is 2. The van der Waals surface area contributed by atoms with Crippen LogP contribution in [0.25, 0.3) is 0 Å². The number of ether oxygens (including phenoxy) is 1. The lowest BCUT2D eigenvalue weighted by Crippen LogP contribution is -2.33. The first-order chi connectivity index (χ1) is 6.59. The molecule has 0 amide bonds. The summed E-state index contributed by atoms with van der Waals surface area (Å²) < 4.78 is 4.63. The van der Waals surface area contributed by atoms with Crippen molar-refractivity contribution in [2.45, 2.75) is 32.7 Å². The highest BCUT2D eigenvalue weighted by molar-refractivity contribution is 5.94. The van der Waals surface area contributed by atoms with E-state index in [0.717, 1.165) is 25.0 Å². The van der Waals surface area contributed by atoms with Gasteiger partial charge in [-0.3, -0.25) is 0 Å². The highest BCUT2D eigenvalue weighted by atomic mass is 16.6. The Bertz CT molecular complexity index is 261. The predicted molar refractivity (Wildman–Crippen MR) is 51.6 cm³/mol. The normalized spacial score (nSPS) is 20.3. The van der Waals surface area contributed by atoms with Gasteiger partial charge in [-0.25, -0.2) is 9.59 Å². The fourth-order valence-electron chi connectivity index (χ4n) is 1.32. The quantitative estimate of drug-likeness (QED) is 0.403.